The number of hydrogen-bond donors (Lipinski definition) is 1. The van der Waals surface area contributed by atoms with Crippen LogP contribution in [0.1, 0.15) is 29.0 Å². The number of aliphatic hydroxyl groups is 1. The highest BCUT2D eigenvalue weighted by Crippen LogP contribution is 2.22. The lowest BCUT2D eigenvalue weighted by Gasteiger charge is -2.05. The van der Waals surface area contributed by atoms with Gasteiger partial charge in [0.2, 0.25) is 0 Å². The van der Waals surface area contributed by atoms with Crippen LogP contribution in [0.15, 0.2) is 27.4 Å². The van der Waals surface area contributed by atoms with Crippen molar-refractivity contribution in [1.82, 2.24) is 4.98 Å². The normalized spacial score (nSPS) is 13.0. The zero-order chi connectivity index (χ0) is 10.8. The highest BCUT2D eigenvalue weighted by Gasteiger charge is 2.17. The minimum absolute atomic E-state index is 0.478. The van der Waals surface area contributed by atoms with Crippen molar-refractivity contribution in [2.75, 3.05) is 0 Å². The fourth-order valence-corrected chi connectivity index (χ4v) is 1.58. The lowest BCUT2D eigenvalue weighted by atomic mass is 10.1. The molecule has 1 unspecified atom stereocenters. The third-order valence-electron chi connectivity index (χ3n) is 2.25. The Morgan fingerprint density at radius 2 is 2.27 bits per heavy atom. The standard InChI is InChI=1S/C11H13NO3/c1-7-11(15-8(2)12-7)10(13)5-9-3-4-14-6-9/h3-4,6,10,13H,5H2,1-2H3. The van der Waals surface area contributed by atoms with Gasteiger partial charge in [-0.2, -0.15) is 0 Å². The van der Waals surface area contributed by atoms with E-state index in [0.29, 0.717) is 18.1 Å². The molecule has 80 valence electrons. The maximum Gasteiger partial charge on any atom is 0.191 e. The summed E-state index contributed by atoms with van der Waals surface area (Å²) in [5.41, 5.74) is 1.68. The summed E-state index contributed by atoms with van der Waals surface area (Å²) >= 11 is 0. The van der Waals surface area contributed by atoms with Gasteiger partial charge in [-0.15, -0.1) is 0 Å². The third-order valence-corrected chi connectivity index (χ3v) is 2.25. The largest absolute Gasteiger partial charge is 0.472 e. The first kappa shape index (κ1) is 9.98. The molecule has 0 aliphatic rings. The van der Waals surface area contributed by atoms with Crippen molar-refractivity contribution in [1.29, 1.82) is 0 Å². The minimum Gasteiger partial charge on any atom is -0.472 e. The Kier molecular flexibility index (Phi) is 2.60. The SMILES string of the molecule is Cc1nc(C)c(C(O)Cc2ccoc2)o1. The van der Waals surface area contributed by atoms with Gasteiger partial charge in [-0.05, 0) is 18.6 Å². The summed E-state index contributed by atoms with van der Waals surface area (Å²) in [5, 5.41) is 9.91. The van der Waals surface area contributed by atoms with Crippen molar-refractivity contribution in [3.8, 4) is 0 Å². The Bertz CT molecular complexity index is 431. The number of nitrogens with zero attached hydrogens (tertiary/aromatic N) is 1. The summed E-state index contributed by atoms with van der Waals surface area (Å²) in [6, 6.07) is 1.82. The van der Waals surface area contributed by atoms with Crippen molar-refractivity contribution in [2.24, 2.45) is 0 Å². The molecule has 2 aromatic heterocycles. The predicted molar refractivity (Wildman–Crippen MR) is 53.3 cm³/mol. The fraction of sp³-hybridized carbons (Fsp3) is 0.364. The second-order valence-corrected chi connectivity index (χ2v) is 3.53. The van der Waals surface area contributed by atoms with Gasteiger partial charge in [0.05, 0.1) is 18.2 Å². The van der Waals surface area contributed by atoms with Crippen LogP contribution in [0.4, 0.5) is 0 Å². The molecule has 4 nitrogen and oxygen atoms in total. The molecule has 4 heteroatoms. The third kappa shape index (κ3) is 2.10. The fourth-order valence-electron chi connectivity index (χ4n) is 1.58. The van der Waals surface area contributed by atoms with E-state index in [0.717, 1.165) is 11.3 Å². The van der Waals surface area contributed by atoms with Gasteiger partial charge in [-0.3, -0.25) is 0 Å². The van der Waals surface area contributed by atoms with Crippen LogP contribution in [0.5, 0.6) is 0 Å². The number of aliphatic hydroxyl groups excluding tert-OH is 1. The molecule has 2 rings (SSSR count). The van der Waals surface area contributed by atoms with Crippen molar-refractivity contribution in [3.63, 3.8) is 0 Å². The van der Waals surface area contributed by atoms with Gasteiger partial charge < -0.3 is 13.9 Å². The van der Waals surface area contributed by atoms with Crippen LogP contribution < -0.4 is 0 Å². The molecule has 0 radical (unpaired) electrons. The summed E-state index contributed by atoms with van der Waals surface area (Å²) in [5.74, 6) is 1.11. The lowest BCUT2D eigenvalue weighted by molar-refractivity contribution is 0.147. The van der Waals surface area contributed by atoms with Gasteiger partial charge in [0.25, 0.3) is 0 Å². The van der Waals surface area contributed by atoms with Crippen molar-refractivity contribution in [3.05, 3.63) is 41.5 Å². The van der Waals surface area contributed by atoms with E-state index >= 15 is 0 Å². The molecule has 1 atom stereocenters. The number of aryl methyl sites for hydroxylation is 2. The molecule has 2 aromatic rings. The van der Waals surface area contributed by atoms with Gasteiger partial charge in [-0.25, -0.2) is 4.98 Å². The average molecular weight is 207 g/mol. The highest BCUT2D eigenvalue weighted by molar-refractivity contribution is 5.15. The summed E-state index contributed by atoms with van der Waals surface area (Å²) < 4.78 is 10.3. The van der Waals surface area contributed by atoms with Crippen LogP contribution >= 0.6 is 0 Å². The molecule has 0 bridgehead atoms. The summed E-state index contributed by atoms with van der Waals surface area (Å²) in [6.07, 6.45) is 3.01. The summed E-state index contributed by atoms with van der Waals surface area (Å²) in [4.78, 5) is 4.11. The van der Waals surface area contributed by atoms with E-state index in [1.54, 1.807) is 19.5 Å². The molecule has 0 aromatic carbocycles. The zero-order valence-corrected chi connectivity index (χ0v) is 8.73. The molecular formula is C11H13NO3. The number of aromatic nitrogens is 1. The molecular weight excluding hydrogens is 194 g/mol. The van der Waals surface area contributed by atoms with Crippen LogP contribution in [-0.4, -0.2) is 10.1 Å². The number of oxazole rings is 1. The predicted octanol–water partition coefficient (Wildman–Crippen LogP) is 2.16. The topological polar surface area (TPSA) is 59.4 Å². The molecule has 0 spiro atoms. The average Bonchev–Trinajstić information content (AvgIpc) is 2.75. The molecule has 0 fully saturated rings. The van der Waals surface area contributed by atoms with Crippen molar-refractivity contribution in [2.45, 2.75) is 26.4 Å². The molecule has 0 saturated carbocycles. The monoisotopic (exact) mass is 207 g/mol. The molecule has 1 N–H and O–H groups in total. The molecule has 15 heavy (non-hydrogen) atoms. The number of hydrogen-bond acceptors (Lipinski definition) is 4. The Labute approximate surface area is 87.6 Å². The van der Waals surface area contributed by atoms with Crippen LogP contribution in [0, 0.1) is 13.8 Å². The first-order valence-electron chi connectivity index (χ1n) is 4.80. The Balaban J connectivity index is 2.14. The van der Waals surface area contributed by atoms with Crippen LogP contribution in [0.2, 0.25) is 0 Å². The molecule has 0 saturated heterocycles. The van der Waals surface area contributed by atoms with E-state index in [2.05, 4.69) is 4.98 Å². The molecule has 0 aliphatic heterocycles. The van der Waals surface area contributed by atoms with Gasteiger partial charge in [0, 0.05) is 13.3 Å². The van der Waals surface area contributed by atoms with Crippen molar-refractivity contribution < 1.29 is 13.9 Å². The van der Waals surface area contributed by atoms with E-state index in [-0.39, 0.29) is 0 Å². The van der Waals surface area contributed by atoms with Gasteiger partial charge >= 0.3 is 0 Å². The first-order chi connectivity index (χ1) is 7.16. The second-order valence-electron chi connectivity index (χ2n) is 3.53. The Morgan fingerprint density at radius 3 is 2.80 bits per heavy atom. The maximum atomic E-state index is 9.91. The van der Waals surface area contributed by atoms with E-state index in [4.69, 9.17) is 8.83 Å². The Morgan fingerprint density at radius 1 is 1.47 bits per heavy atom. The summed E-state index contributed by atoms with van der Waals surface area (Å²) in [7, 11) is 0. The van der Waals surface area contributed by atoms with E-state index < -0.39 is 6.10 Å². The summed E-state index contributed by atoms with van der Waals surface area (Å²) in [6.45, 7) is 3.59. The zero-order valence-electron chi connectivity index (χ0n) is 8.73. The quantitative estimate of drug-likeness (QED) is 0.837. The molecule has 0 amide bonds. The van der Waals surface area contributed by atoms with Crippen LogP contribution in [0.3, 0.4) is 0 Å². The smallest absolute Gasteiger partial charge is 0.191 e. The highest BCUT2D eigenvalue weighted by atomic mass is 16.4. The van der Waals surface area contributed by atoms with Gasteiger partial charge in [0.1, 0.15) is 6.10 Å². The van der Waals surface area contributed by atoms with Crippen molar-refractivity contribution >= 4 is 0 Å². The Hall–Kier alpha value is -1.55. The lowest BCUT2D eigenvalue weighted by Crippen LogP contribution is -2.01. The number of rotatable bonds is 3. The molecule has 0 aliphatic carbocycles. The van der Waals surface area contributed by atoms with E-state index in [1.807, 2.05) is 13.0 Å². The number of furan rings is 1. The van der Waals surface area contributed by atoms with Crippen LogP contribution in [0.25, 0.3) is 0 Å². The maximum absolute atomic E-state index is 9.91. The molecule has 2 heterocycles. The van der Waals surface area contributed by atoms with Crippen LogP contribution in [-0.2, 0) is 6.42 Å². The minimum atomic E-state index is -0.663. The van der Waals surface area contributed by atoms with E-state index in [9.17, 15) is 5.11 Å². The first-order valence-corrected chi connectivity index (χ1v) is 4.80. The van der Waals surface area contributed by atoms with E-state index in [1.165, 1.54) is 0 Å². The second kappa shape index (κ2) is 3.90. The van der Waals surface area contributed by atoms with Gasteiger partial charge in [-0.1, -0.05) is 0 Å². The van der Waals surface area contributed by atoms with Gasteiger partial charge in [0.15, 0.2) is 11.7 Å².